The number of esters is 1. The van der Waals surface area contributed by atoms with Gasteiger partial charge in [-0.1, -0.05) is 43.1 Å². The lowest BCUT2D eigenvalue weighted by Gasteiger charge is -2.28. The van der Waals surface area contributed by atoms with E-state index in [0.717, 1.165) is 12.0 Å². The lowest BCUT2D eigenvalue weighted by Crippen LogP contribution is -2.43. The van der Waals surface area contributed by atoms with Gasteiger partial charge in [-0.05, 0) is 24.1 Å². The molecule has 0 bridgehead atoms. The SMILES string of the molecule is CCCOC(=O)C1CSC(c2ccc(Cl)c(Cl)c2)N1C(=O)CC. The van der Waals surface area contributed by atoms with Crippen LogP contribution >= 0.6 is 35.0 Å². The largest absolute Gasteiger partial charge is 0.464 e. The predicted molar refractivity (Wildman–Crippen MR) is 93.8 cm³/mol. The summed E-state index contributed by atoms with van der Waals surface area (Å²) in [6.07, 6.45) is 1.08. The molecule has 2 rings (SSSR count). The molecule has 0 saturated carbocycles. The summed E-state index contributed by atoms with van der Waals surface area (Å²) >= 11 is 13.6. The van der Waals surface area contributed by atoms with Crippen molar-refractivity contribution in [2.24, 2.45) is 0 Å². The molecule has 1 aliphatic rings. The van der Waals surface area contributed by atoms with Crippen LogP contribution < -0.4 is 0 Å². The molecule has 0 aromatic heterocycles. The molecule has 1 aliphatic heterocycles. The van der Waals surface area contributed by atoms with E-state index in [1.54, 1.807) is 24.0 Å². The van der Waals surface area contributed by atoms with Gasteiger partial charge in [0.25, 0.3) is 0 Å². The summed E-state index contributed by atoms with van der Waals surface area (Å²) in [5.74, 6) is 0.0902. The number of carbonyl (C=O) groups is 2. The van der Waals surface area contributed by atoms with E-state index in [1.807, 2.05) is 13.0 Å². The van der Waals surface area contributed by atoms with Crippen molar-refractivity contribution in [1.82, 2.24) is 4.90 Å². The van der Waals surface area contributed by atoms with Crippen LogP contribution in [-0.4, -0.2) is 35.2 Å². The van der Waals surface area contributed by atoms with Crippen LogP contribution in [0.5, 0.6) is 0 Å². The molecule has 1 aromatic rings. The monoisotopic (exact) mass is 375 g/mol. The first-order valence-corrected chi connectivity index (χ1v) is 9.34. The molecule has 1 amide bonds. The van der Waals surface area contributed by atoms with Gasteiger partial charge in [-0.2, -0.15) is 0 Å². The van der Waals surface area contributed by atoms with Crippen LogP contribution in [0.4, 0.5) is 0 Å². The van der Waals surface area contributed by atoms with Gasteiger partial charge in [-0.15, -0.1) is 11.8 Å². The molecule has 7 heteroatoms. The van der Waals surface area contributed by atoms with E-state index in [9.17, 15) is 9.59 Å². The van der Waals surface area contributed by atoms with E-state index in [4.69, 9.17) is 27.9 Å². The number of carbonyl (C=O) groups excluding carboxylic acids is 2. The van der Waals surface area contributed by atoms with Crippen molar-refractivity contribution in [3.8, 4) is 0 Å². The van der Waals surface area contributed by atoms with Crippen molar-refractivity contribution >= 4 is 46.8 Å². The van der Waals surface area contributed by atoms with Gasteiger partial charge in [-0.25, -0.2) is 4.79 Å². The van der Waals surface area contributed by atoms with Gasteiger partial charge < -0.3 is 9.64 Å². The smallest absolute Gasteiger partial charge is 0.329 e. The number of thioether (sulfide) groups is 1. The van der Waals surface area contributed by atoms with Gasteiger partial charge in [0.1, 0.15) is 11.4 Å². The van der Waals surface area contributed by atoms with Gasteiger partial charge in [0.2, 0.25) is 5.91 Å². The summed E-state index contributed by atoms with van der Waals surface area (Å²) < 4.78 is 5.23. The molecule has 1 heterocycles. The number of benzene rings is 1. The minimum Gasteiger partial charge on any atom is -0.464 e. The maximum absolute atomic E-state index is 12.4. The Morgan fingerprint density at radius 3 is 2.65 bits per heavy atom. The summed E-state index contributed by atoms with van der Waals surface area (Å²) in [5.41, 5.74) is 0.858. The molecule has 1 aromatic carbocycles. The second-order valence-electron chi connectivity index (χ2n) is 5.20. The molecule has 2 unspecified atom stereocenters. The third-order valence-electron chi connectivity index (χ3n) is 3.54. The molecule has 0 spiro atoms. The van der Waals surface area contributed by atoms with Gasteiger partial charge in [0.05, 0.1) is 16.7 Å². The quantitative estimate of drug-likeness (QED) is 0.719. The number of ether oxygens (including phenoxy) is 1. The molecule has 126 valence electrons. The average Bonchev–Trinajstić information content (AvgIpc) is 2.99. The standard InChI is InChI=1S/C16H19Cl2NO3S/c1-3-7-22-16(21)13-9-23-15(19(13)14(20)4-2)10-5-6-11(17)12(18)8-10/h5-6,8,13,15H,3-4,7,9H2,1-2H3. The van der Waals surface area contributed by atoms with Crippen molar-refractivity contribution in [2.75, 3.05) is 12.4 Å². The van der Waals surface area contributed by atoms with Gasteiger partial charge in [0.15, 0.2) is 0 Å². The third kappa shape index (κ3) is 4.14. The maximum atomic E-state index is 12.4. The highest BCUT2D eigenvalue weighted by atomic mass is 35.5. The Kier molecular flexibility index (Phi) is 6.62. The van der Waals surface area contributed by atoms with Crippen molar-refractivity contribution in [3.63, 3.8) is 0 Å². The zero-order valence-electron chi connectivity index (χ0n) is 13.1. The molecule has 0 aliphatic carbocycles. The molecule has 1 fully saturated rings. The molecule has 23 heavy (non-hydrogen) atoms. The Balaban J connectivity index is 2.27. The summed E-state index contributed by atoms with van der Waals surface area (Å²) in [6, 6.07) is 4.73. The zero-order valence-corrected chi connectivity index (χ0v) is 15.4. The van der Waals surface area contributed by atoms with E-state index < -0.39 is 6.04 Å². The summed E-state index contributed by atoms with van der Waals surface area (Å²) in [4.78, 5) is 26.3. The average molecular weight is 376 g/mol. The first-order chi connectivity index (χ1) is 11.0. The Bertz CT molecular complexity index is 597. The third-order valence-corrected chi connectivity index (χ3v) is 5.60. The minimum absolute atomic E-state index is 0.0791. The Morgan fingerprint density at radius 1 is 1.30 bits per heavy atom. The lowest BCUT2D eigenvalue weighted by atomic mass is 10.1. The first-order valence-electron chi connectivity index (χ1n) is 7.53. The summed E-state index contributed by atoms with van der Waals surface area (Å²) in [7, 11) is 0. The summed E-state index contributed by atoms with van der Waals surface area (Å²) in [5, 5.41) is 0.646. The number of rotatable bonds is 5. The van der Waals surface area contributed by atoms with Crippen molar-refractivity contribution in [1.29, 1.82) is 0 Å². The van der Waals surface area contributed by atoms with Gasteiger partial charge in [-0.3, -0.25) is 4.79 Å². The Hall–Kier alpha value is -0.910. The second-order valence-corrected chi connectivity index (χ2v) is 7.12. The van der Waals surface area contributed by atoms with Crippen molar-refractivity contribution in [2.45, 2.75) is 38.1 Å². The maximum Gasteiger partial charge on any atom is 0.329 e. The van der Waals surface area contributed by atoms with Gasteiger partial charge in [0, 0.05) is 12.2 Å². The van der Waals surface area contributed by atoms with E-state index in [-0.39, 0.29) is 17.3 Å². The van der Waals surface area contributed by atoms with E-state index in [0.29, 0.717) is 28.8 Å². The summed E-state index contributed by atoms with van der Waals surface area (Å²) in [6.45, 7) is 4.08. The molecule has 4 nitrogen and oxygen atoms in total. The zero-order chi connectivity index (χ0) is 17.0. The number of hydrogen-bond acceptors (Lipinski definition) is 4. The first kappa shape index (κ1) is 18.4. The van der Waals surface area contributed by atoms with Crippen molar-refractivity contribution in [3.05, 3.63) is 33.8 Å². The molecular weight excluding hydrogens is 357 g/mol. The second kappa shape index (κ2) is 8.27. The Morgan fingerprint density at radius 2 is 2.04 bits per heavy atom. The molecule has 2 atom stereocenters. The van der Waals surface area contributed by atoms with Crippen LogP contribution in [0, 0.1) is 0 Å². The highest BCUT2D eigenvalue weighted by molar-refractivity contribution is 7.99. The highest BCUT2D eigenvalue weighted by Gasteiger charge is 2.42. The van der Waals surface area contributed by atoms with E-state index in [1.165, 1.54) is 11.8 Å². The molecular formula is C16H19Cl2NO3S. The van der Waals surface area contributed by atoms with Crippen LogP contribution in [0.1, 0.15) is 37.6 Å². The fourth-order valence-corrected chi connectivity index (χ4v) is 4.13. The molecule has 0 N–H and O–H groups in total. The predicted octanol–water partition coefficient (Wildman–Crippen LogP) is 4.30. The van der Waals surface area contributed by atoms with Gasteiger partial charge >= 0.3 is 5.97 Å². The van der Waals surface area contributed by atoms with Crippen LogP contribution in [0.2, 0.25) is 10.0 Å². The Labute approximate surface area is 150 Å². The minimum atomic E-state index is -0.557. The van der Waals surface area contributed by atoms with E-state index in [2.05, 4.69) is 0 Å². The van der Waals surface area contributed by atoms with Crippen LogP contribution in [-0.2, 0) is 14.3 Å². The number of hydrogen-bond donors (Lipinski definition) is 0. The lowest BCUT2D eigenvalue weighted by molar-refractivity contribution is -0.154. The van der Waals surface area contributed by atoms with Crippen LogP contribution in [0.15, 0.2) is 18.2 Å². The normalized spacial score (nSPS) is 20.6. The number of amides is 1. The number of nitrogens with zero attached hydrogens (tertiary/aromatic N) is 1. The fraction of sp³-hybridized carbons (Fsp3) is 0.500. The molecule has 0 radical (unpaired) electrons. The van der Waals surface area contributed by atoms with Crippen LogP contribution in [0.25, 0.3) is 0 Å². The topological polar surface area (TPSA) is 46.6 Å². The van der Waals surface area contributed by atoms with Crippen molar-refractivity contribution < 1.29 is 14.3 Å². The highest BCUT2D eigenvalue weighted by Crippen LogP contribution is 2.43. The number of halogens is 2. The van der Waals surface area contributed by atoms with Crippen LogP contribution in [0.3, 0.4) is 0 Å². The van der Waals surface area contributed by atoms with E-state index >= 15 is 0 Å². The fourth-order valence-electron chi connectivity index (χ4n) is 2.40. The molecule has 1 saturated heterocycles.